The number of aliphatic hydroxyl groups is 1. The van der Waals surface area contributed by atoms with Crippen molar-refractivity contribution >= 4 is 11.8 Å². The quantitative estimate of drug-likeness (QED) is 0.234. The van der Waals surface area contributed by atoms with Gasteiger partial charge in [0.1, 0.15) is 0 Å². The fourth-order valence-electron chi connectivity index (χ4n) is 5.90. The molecule has 0 aromatic heterocycles. The summed E-state index contributed by atoms with van der Waals surface area (Å²) in [6, 6.07) is 37.1. The maximum absolute atomic E-state index is 13.5. The van der Waals surface area contributed by atoms with Crippen molar-refractivity contribution in [1.82, 2.24) is 10.2 Å². The van der Waals surface area contributed by atoms with Crippen LogP contribution in [0.2, 0.25) is 0 Å². The molecule has 1 fully saturated rings. The van der Waals surface area contributed by atoms with E-state index in [0.29, 0.717) is 18.7 Å². The lowest BCUT2D eigenvalue weighted by Crippen LogP contribution is -2.39. The Kier molecular flexibility index (Phi) is 9.61. The molecule has 2 N–H and O–H groups in total. The summed E-state index contributed by atoms with van der Waals surface area (Å²) < 4.78 is 0. The molecule has 5 nitrogen and oxygen atoms in total. The Labute approximate surface area is 242 Å². The van der Waals surface area contributed by atoms with E-state index in [1.54, 1.807) is 0 Å². The van der Waals surface area contributed by atoms with Gasteiger partial charge in [-0.1, -0.05) is 116 Å². The van der Waals surface area contributed by atoms with Gasteiger partial charge in [0.15, 0.2) is 0 Å². The minimum atomic E-state index is -0.411. The average Bonchev–Trinajstić information content (AvgIpc) is 3.04. The molecule has 41 heavy (non-hydrogen) atoms. The molecule has 0 spiro atoms. The zero-order chi connectivity index (χ0) is 28.4. The highest BCUT2D eigenvalue weighted by Gasteiger charge is 2.33. The molecule has 3 atom stereocenters. The van der Waals surface area contributed by atoms with Gasteiger partial charge in [-0.15, -0.1) is 0 Å². The normalized spacial score (nSPS) is 17.4. The molecule has 5 rings (SSSR count). The number of rotatable bonds is 10. The number of aliphatic hydroxyl groups excluding tert-OH is 1. The summed E-state index contributed by atoms with van der Waals surface area (Å²) in [6.45, 7) is 0.879. The summed E-state index contributed by atoms with van der Waals surface area (Å²) in [4.78, 5) is 28.8. The highest BCUT2D eigenvalue weighted by atomic mass is 16.3. The molecule has 0 heterocycles. The Bertz CT molecular complexity index is 1390. The topological polar surface area (TPSA) is 69.6 Å². The van der Waals surface area contributed by atoms with E-state index in [1.807, 2.05) is 95.9 Å². The van der Waals surface area contributed by atoms with Crippen LogP contribution in [0.25, 0.3) is 0 Å². The molecule has 0 bridgehead atoms. The van der Waals surface area contributed by atoms with Crippen molar-refractivity contribution in [3.63, 3.8) is 0 Å². The first-order valence-corrected chi connectivity index (χ1v) is 14.6. The highest BCUT2D eigenvalue weighted by Crippen LogP contribution is 2.38. The molecule has 3 unspecified atom stereocenters. The molecule has 4 aromatic rings. The first-order chi connectivity index (χ1) is 20.1. The second kappa shape index (κ2) is 13.9. The van der Waals surface area contributed by atoms with Gasteiger partial charge < -0.3 is 15.3 Å². The Hall–Kier alpha value is -4.22. The van der Waals surface area contributed by atoms with Gasteiger partial charge in [0, 0.05) is 24.6 Å². The van der Waals surface area contributed by atoms with E-state index in [4.69, 9.17) is 0 Å². The summed E-state index contributed by atoms with van der Waals surface area (Å²) in [5.74, 6) is -0.00976. The standard InChI is InChI=1S/C36H38N2O3/c39-26-34(30-14-6-2-7-15-30)37-35(40)33-19-11-10-18-32(33)29-22-20-28(21-23-29)25-38(24-27-12-4-1-5-13-27)36(41)31-16-8-3-9-17-31/h1-9,12-17,20-23,32-34,39H,10-11,18-19,24-26H2,(H,37,40). The third kappa shape index (κ3) is 7.30. The number of carbonyl (C=O) groups is 2. The molecule has 210 valence electrons. The summed E-state index contributed by atoms with van der Waals surface area (Å²) >= 11 is 0. The zero-order valence-corrected chi connectivity index (χ0v) is 23.4. The summed E-state index contributed by atoms with van der Waals surface area (Å²) in [7, 11) is 0. The summed E-state index contributed by atoms with van der Waals surface area (Å²) in [6.07, 6.45) is 3.91. The van der Waals surface area contributed by atoms with Crippen molar-refractivity contribution < 1.29 is 14.7 Å². The highest BCUT2D eigenvalue weighted by molar-refractivity contribution is 5.94. The van der Waals surface area contributed by atoms with Gasteiger partial charge >= 0.3 is 0 Å². The minimum Gasteiger partial charge on any atom is -0.394 e. The number of carbonyl (C=O) groups excluding carboxylic acids is 2. The predicted octanol–water partition coefficient (Wildman–Crippen LogP) is 6.65. The molecular weight excluding hydrogens is 508 g/mol. The van der Waals surface area contributed by atoms with Gasteiger partial charge in [0.25, 0.3) is 5.91 Å². The van der Waals surface area contributed by atoms with E-state index in [-0.39, 0.29) is 30.3 Å². The smallest absolute Gasteiger partial charge is 0.254 e. The number of hydrogen-bond donors (Lipinski definition) is 2. The molecular formula is C36H38N2O3. The van der Waals surface area contributed by atoms with Gasteiger partial charge in [0.05, 0.1) is 12.6 Å². The van der Waals surface area contributed by atoms with Gasteiger partial charge in [-0.25, -0.2) is 0 Å². The minimum absolute atomic E-state index is 0.000557. The summed E-state index contributed by atoms with van der Waals surface area (Å²) in [5.41, 5.74) is 4.87. The first kappa shape index (κ1) is 28.3. The van der Waals surface area contributed by atoms with E-state index in [9.17, 15) is 14.7 Å². The van der Waals surface area contributed by atoms with E-state index < -0.39 is 6.04 Å². The molecule has 0 aliphatic heterocycles. The van der Waals surface area contributed by atoms with Gasteiger partial charge in [-0.3, -0.25) is 9.59 Å². The molecule has 1 aliphatic rings. The lowest BCUT2D eigenvalue weighted by molar-refractivity contribution is -0.127. The van der Waals surface area contributed by atoms with Gasteiger partial charge in [-0.05, 0) is 53.1 Å². The van der Waals surface area contributed by atoms with Crippen molar-refractivity contribution in [2.45, 2.75) is 50.7 Å². The monoisotopic (exact) mass is 546 g/mol. The maximum Gasteiger partial charge on any atom is 0.254 e. The average molecular weight is 547 g/mol. The predicted molar refractivity (Wildman–Crippen MR) is 162 cm³/mol. The van der Waals surface area contributed by atoms with E-state index in [0.717, 1.165) is 47.9 Å². The largest absolute Gasteiger partial charge is 0.394 e. The molecule has 1 saturated carbocycles. The third-order valence-corrected chi connectivity index (χ3v) is 8.11. The molecule has 1 aliphatic carbocycles. The second-order valence-corrected chi connectivity index (χ2v) is 10.9. The molecule has 4 aromatic carbocycles. The van der Waals surface area contributed by atoms with E-state index in [1.165, 1.54) is 0 Å². The summed E-state index contributed by atoms with van der Waals surface area (Å²) in [5, 5.41) is 13.1. The fourth-order valence-corrected chi connectivity index (χ4v) is 5.90. The number of hydrogen-bond acceptors (Lipinski definition) is 3. The van der Waals surface area contributed by atoms with Gasteiger partial charge in [-0.2, -0.15) is 0 Å². The molecule has 0 saturated heterocycles. The van der Waals surface area contributed by atoms with E-state index in [2.05, 4.69) is 29.6 Å². The van der Waals surface area contributed by atoms with Crippen LogP contribution in [0.15, 0.2) is 115 Å². The van der Waals surface area contributed by atoms with Gasteiger partial charge in [0.2, 0.25) is 5.91 Å². The van der Waals surface area contributed by atoms with Crippen LogP contribution < -0.4 is 5.32 Å². The van der Waals surface area contributed by atoms with Crippen molar-refractivity contribution in [3.8, 4) is 0 Å². The fraction of sp³-hybridized carbons (Fsp3) is 0.278. The van der Waals surface area contributed by atoms with Crippen LogP contribution >= 0.6 is 0 Å². The van der Waals surface area contributed by atoms with Crippen molar-refractivity contribution in [1.29, 1.82) is 0 Å². The SMILES string of the molecule is O=C(NC(CO)c1ccccc1)C1CCCCC1c1ccc(CN(Cc2ccccc2)C(=O)c2ccccc2)cc1. The Morgan fingerprint density at radius 1 is 0.732 bits per heavy atom. The first-order valence-electron chi connectivity index (χ1n) is 14.6. The molecule has 5 heteroatoms. The zero-order valence-electron chi connectivity index (χ0n) is 23.4. The number of amides is 2. The number of nitrogens with one attached hydrogen (secondary N) is 1. The number of benzene rings is 4. The van der Waals surface area contributed by atoms with Crippen LogP contribution in [-0.4, -0.2) is 28.4 Å². The van der Waals surface area contributed by atoms with Crippen LogP contribution in [0.5, 0.6) is 0 Å². The molecule has 2 amide bonds. The Morgan fingerprint density at radius 3 is 1.93 bits per heavy atom. The van der Waals surface area contributed by atoms with E-state index >= 15 is 0 Å². The van der Waals surface area contributed by atoms with Crippen molar-refractivity contribution in [2.24, 2.45) is 5.92 Å². The third-order valence-electron chi connectivity index (χ3n) is 8.11. The van der Waals surface area contributed by atoms with Crippen LogP contribution in [0.3, 0.4) is 0 Å². The lowest BCUT2D eigenvalue weighted by Gasteiger charge is -2.32. The Morgan fingerprint density at radius 2 is 1.29 bits per heavy atom. The van der Waals surface area contributed by atoms with Crippen molar-refractivity contribution in [2.75, 3.05) is 6.61 Å². The Balaban J connectivity index is 1.30. The number of nitrogens with zero attached hydrogens (tertiary/aromatic N) is 1. The van der Waals surface area contributed by atoms with Crippen LogP contribution in [0, 0.1) is 5.92 Å². The van der Waals surface area contributed by atoms with Crippen LogP contribution in [0.1, 0.15) is 70.3 Å². The molecule has 0 radical (unpaired) electrons. The lowest BCUT2D eigenvalue weighted by atomic mass is 9.74. The second-order valence-electron chi connectivity index (χ2n) is 10.9. The maximum atomic E-state index is 13.5. The van der Waals surface area contributed by atoms with Crippen molar-refractivity contribution in [3.05, 3.63) is 143 Å². The van der Waals surface area contributed by atoms with Crippen LogP contribution in [0.4, 0.5) is 0 Å². The van der Waals surface area contributed by atoms with Crippen LogP contribution in [-0.2, 0) is 17.9 Å².